The summed E-state index contributed by atoms with van der Waals surface area (Å²) in [5.41, 5.74) is 0.190. The molecule has 1 aromatic rings. The van der Waals surface area contributed by atoms with Crippen molar-refractivity contribution in [3.05, 3.63) is 40.0 Å². The third-order valence-electron chi connectivity index (χ3n) is 1.70. The number of hydrogen-bond donors (Lipinski definition) is 0. The predicted molar refractivity (Wildman–Crippen MR) is 53.1 cm³/mol. The Kier molecular flexibility index (Phi) is 3.45. The Balaban J connectivity index is 2.82. The van der Waals surface area contributed by atoms with Gasteiger partial charge < -0.3 is 4.42 Å². The molecule has 1 rings (SSSR count). The summed E-state index contributed by atoms with van der Waals surface area (Å²) < 4.78 is 5.01. The Morgan fingerprint density at radius 1 is 1.71 bits per heavy atom. The van der Waals surface area contributed by atoms with Gasteiger partial charge in [-0.2, -0.15) is 0 Å². The molecule has 0 fully saturated rings. The van der Waals surface area contributed by atoms with E-state index in [0.717, 1.165) is 0 Å². The first-order valence-electron chi connectivity index (χ1n) is 4.48. The van der Waals surface area contributed by atoms with E-state index in [1.807, 2.05) is 13.8 Å². The van der Waals surface area contributed by atoms with Crippen molar-refractivity contribution in [1.29, 1.82) is 0 Å². The zero-order valence-corrected chi connectivity index (χ0v) is 8.27. The van der Waals surface area contributed by atoms with E-state index >= 15 is 0 Å². The zero-order valence-electron chi connectivity index (χ0n) is 8.27. The number of furan rings is 1. The summed E-state index contributed by atoms with van der Waals surface area (Å²) in [6.07, 6.45) is 3.42. The van der Waals surface area contributed by atoms with Crippen LogP contribution in [0.15, 0.2) is 28.5 Å². The van der Waals surface area contributed by atoms with Crippen molar-refractivity contribution < 1.29 is 9.34 Å². The van der Waals surface area contributed by atoms with Gasteiger partial charge >= 0.3 is 0 Å². The monoisotopic (exact) mass is 195 g/mol. The van der Waals surface area contributed by atoms with Gasteiger partial charge in [-0.25, -0.2) is 0 Å². The zero-order chi connectivity index (χ0) is 10.6. The number of rotatable bonds is 4. The fourth-order valence-corrected chi connectivity index (χ4v) is 1.14. The molecular weight excluding hydrogens is 182 g/mol. The average Bonchev–Trinajstić information content (AvgIpc) is 2.54. The first-order chi connectivity index (χ1) is 6.59. The summed E-state index contributed by atoms with van der Waals surface area (Å²) in [6, 6.07) is 3.41. The number of allylic oxidation sites excluding steroid dienone is 1. The van der Waals surface area contributed by atoms with Crippen LogP contribution in [-0.4, -0.2) is 4.92 Å². The van der Waals surface area contributed by atoms with Crippen molar-refractivity contribution in [2.75, 3.05) is 0 Å². The normalized spacial score (nSPS) is 12.1. The molecule has 0 spiro atoms. The molecule has 1 aromatic heterocycles. The molecule has 14 heavy (non-hydrogen) atoms. The molecule has 0 unspecified atom stereocenters. The smallest absolute Gasteiger partial charge is 0.250 e. The van der Waals surface area contributed by atoms with E-state index in [-0.39, 0.29) is 16.5 Å². The minimum atomic E-state index is -0.359. The Morgan fingerprint density at radius 3 is 2.86 bits per heavy atom. The molecule has 0 saturated carbocycles. The van der Waals surface area contributed by atoms with Crippen LogP contribution in [0.2, 0.25) is 0 Å². The Bertz CT molecular complexity index is 325. The van der Waals surface area contributed by atoms with Crippen LogP contribution in [-0.2, 0) is 0 Å². The van der Waals surface area contributed by atoms with Crippen LogP contribution in [0.3, 0.4) is 0 Å². The summed E-state index contributed by atoms with van der Waals surface area (Å²) in [6.45, 7) is 3.89. The molecule has 0 bridgehead atoms. The minimum Gasteiger partial charge on any atom is -0.465 e. The van der Waals surface area contributed by atoms with Gasteiger partial charge in [-0.3, -0.25) is 10.1 Å². The van der Waals surface area contributed by atoms with Gasteiger partial charge in [0.1, 0.15) is 5.76 Å². The van der Waals surface area contributed by atoms with E-state index in [4.69, 9.17) is 4.42 Å². The van der Waals surface area contributed by atoms with Crippen molar-refractivity contribution in [2.24, 2.45) is 5.92 Å². The van der Waals surface area contributed by atoms with Gasteiger partial charge in [0.2, 0.25) is 5.70 Å². The highest BCUT2D eigenvalue weighted by molar-refractivity contribution is 5.44. The molecule has 0 aliphatic rings. The Labute approximate surface area is 82.4 Å². The van der Waals surface area contributed by atoms with E-state index < -0.39 is 0 Å². The maximum atomic E-state index is 10.7. The molecule has 76 valence electrons. The van der Waals surface area contributed by atoms with Gasteiger partial charge in [-0.15, -0.1) is 0 Å². The lowest BCUT2D eigenvalue weighted by Crippen LogP contribution is -2.02. The topological polar surface area (TPSA) is 56.3 Å². The van der Waals surface area contributed by atoms with Gasteiger partial charge in [0.25, 0.3) is 0 Å². The lowest BCUT2D eigenvalue weighted by atomic mass is 10.1. The largest absolute Gasteiger partial charge is 0.465 e. The van der Waals surface area contributed by atoms with Gasteiger partial charge in [-0.05, 0) is 18.1 Å². The standard InChI is InChI=1S/C10H13NO3/c1-8(2)6-9(11(12)13)7-10-4-3-5-14-10/h3-5,7-8H,6H2,1-2H3. The van der Waals surface area contributed by atoms with Crippen LogP contribution in [0.1, 0.15) is 26.0 Å². The van der Waals surface area contributed by atoms with Crippen molar-refractivity contribution >= 4 is 6.08 Å². The molecular formula is C10H13NO3. The second-order valence-corrected chi connectivity index (χ2v) is 3.51. The van der Waals surface area contributed by atoms with Crippen molar-refractivity contribution in [2.45, 2.75) is 20.3 Å². The summed E-state index contributed by atoms with van der Waals surface area (Å²) in [4.78, 5) is 10.3. The molecule has 0 radical (unpaired) electrons. The van der Waals surface area contributed by atoms with Gasteiger partial charge in [-0.1, -0.05) is 13.8 Å². The summed E-state index contributed by atoms with van der Waals surface area (Å²) in [7, 11) is 0. The van der Waals surface area contributed by atoms with Crippen LogP contribution in [0, 0.1) is 16.0 Å². The minimum absolute atomic E-state index is 0.190. The third kappa shape index (κ3) is 3.05. The SMILES string of the molecule is CC(C)CC(=Cc1ccco1)[N+](=O)[O-]. The number of hydrogen-bond acceptors (Lipinski definition) is 3. The van der Waals surface area contributed by atoms with Crippen molar-refractivity contribution in [3.8, 4) is 0 Å². The molecule has 0 atom stereocenters. The second-order valence-electron chi connectivity index (χ2n) is 3.51. The lowest BCUT2D eigenvalue weighted by molar-refractivity contribution is -0.427. The van der Waals surface area contributed by atoms with E-state index in [1.54, 1.807) is 12.1 Å². The predicted octanol–water partition coefficient (Wildman–Crippen LogP) is 2.94. The second kappa shape index (κ2) is 4.60. The van der Waals surface area contributed by atoms with Crippen LogP contribution >= 0.6 is 0 Å². The average molecular weight is 195 g/mol. The fraction of sp³-hybridized carbons (Fsp3) is 0.400. The molecule has 0 amide bonds. The highest BCUT2D eigenvalue weighted by Crippen LogP contribution is 2.15. The third-order valence-corrected chi connectivity index (χ3v) is 1.70. The molecule has 0 aromatic carbocycles. The van der Waals surface area contributed by atoms with Crippen molar-refractivity contribution in [1.82, 2.24) is 0 Å². The van der Waals surface area contributed by atoms with E-state index in [1.165, 1.54) is 12.3 Å². The van der Waals surface area contributed by atoms with Crippen molar-refractivity contribution in [3.63, 3.8) is 0 Å². The number of nitro groups is 1. The first kappa shape index (κ1) is 10.5. The van der Waals surface area contributed by atoms with E-state index in [9.17, 15) is 10.1 Å². The summed E-state index contributed by atoms with van der Waals surface area (Å²) in [5, 5.41) is 10.7. The van der Waals surface area contributed by atoms with Crippen LogP contribution in [0.4, 0.5) is 0 Å². The maximum absolute atomic E-state index is 10.7. The molecule has 0 aliphatic carbocycles. The Hall–Kier alpha value is -1.58. The van der Waals surface area contributed by atoms with E-state index in [0.29, 0.717) is 12.2 Å². The van der Waals surface area contributed by atoms with E-state index in [2.05, 4.69) is 0 Å². The molecule has 0 saturated heterocycles. The van der Waals surface area contributed by atoms with Crippen LogP contribution in [0.25, 0.3) is 6.08 Å². The van der Waals surface area contributed by atoms with Crippen LogP contribution in [0.5, 0.6) is 0 Å². The summed E-state index contributed by atoms with van der Waals surface area (Å²) >= 11 is 0. The molecule has 1 heterocycles. The lowest BCUT2D eigenvalue weighted by Gasteiger charge is -2.00. The maximum Gasteiger partial charge on any atom is 0.250 e. The molecule has 4 nitrogen and oxygen atoms in total. The fourth-order valence-electron chi connectivity index (χ4n) is 1.14. The van der Waals surface area contributed by atoms with Gasteiger partial charge in [0.05, 0.1) is 17.3 Å². The van der Waals surface area contributed by atoms with Crippen LogP contribution < -0.4 is 0 Å². The highest BCUT2D eigenvalue weighted by atomic mass is 16.6. The Morgan fingerprint density at radius 2 is 2.43 bits per heavy atom. The molecule has 0 N–H and O–H groups in total. The molecule has 4 heteroatoms. The molecule has 0 aliphatic heterocycles. The first-order valence-corrected chi connectivity index (χ1v) is 4.48. The summed E-state index contributed by atoms with van der Waals surface area (Å²) in [5.74, 6) is 0.791. The van der Waals surface area contributed by atoms with Gasteiger partial charge in [0, 0.05) is 6.42 Å². The number of nitrogens with zero attached hydrogens (tertiary/aromatic N) is 1. The quantitative estimate of drug-likeness (QED) is 0.548. The highest BCUT2D eigenvalue weighted by Gasteiger charge is 2.13. The van der Waals surface area contributed by atoms with Gasteiger partial charge in [0.15, 0.2) is 0 Å².